The van der Waals surface area contributed by atoms with Gasteiger partial charge in [0.05, 0.1) is 5.69 Å². The number of fused-ring (bicyclic) bond motifs is 1. The summed E-state index contributed by atoms with van der Waals surface area (Å²) in [5.74, 6) is 3.34. The minimum absolute atomic E-state index is 0.0253. The van der Waals surface area contributed by atoms with Crippen LogP contribution in [0.5, 0.6) is 0 Å². The van der Waals surface area contributed by atoms with E-state index in [0.717, 1.165) is 49.4 Å². The molecule has 5 heteroatoms. The van der Waals surface area contributed by atoms with Gasteiger partial charge >= 0.3 is 0 Å². The highest BCUT2D eigenvalue weighted by Gasteiger charge is 2.42. The molecule has 3 fully saturated rings. The molecule has 3 aliphatic rings. The van der Waals surface area contributed by atoms with Crippen molar-refractivity contribution in [2.24, 2.45) is 17.8 Å². The molecule has 1 aromatic heterocycles. The quantitative estimate of drug-likeness (QED) is 0.766. The van der Waals surface area contributed by atoms with Gasteiger partial charge in [-0.25, -0.2) is 0 Å². The van der Waals surface area contributed by atoms with Gasteiger partial charge in [-0.3, -0.25) is 4.79 Å². The first-order chi connectivity index (χ1) is 12.7. The number of hydrogen-bond acceptors (Lipinski definition) is 4. The van der Waals surface area contributed by atoms with E-state index in [0.29, 0.717) is 18.0 Å². The monoisotopic (exact) mass is 359 g/mol. The van der Waals surface area contributed by atoms with E-state index in [9.17, 15) is 4.79 Å². The molecule has 0 aliphatic heterocycles. The van der Waals surface area contributed by atoms with Gasteiger partial charge in [0.15, 0.2) is 0 Å². The van der Waals surface area contributed by atoms with Gasteiger partial charge in [0.25, 0.3) is 5.91 Å². The molecule has 1 heterocycles. The van der Waals surface area contributed by atoms with Crippen LogP contribution < -0.4 is 5.32 Å². The number of nitrogens with zero attached hydrogens (tertiary/aromatic N) is 2. The van der Waals surface area contributed by atoms with E-state index in [1.807, 2.05) is 0 Å². The Hall–Kier alpha value is -1.36. The summed E-state index contributed by atoms with van der Waals surface area (Å²) in [5.41, 5.74) is 1.51. The van der Waals surface area contributed by atoms with Crippen LogP contribution in [0.25, 0.3) is 0 Å². The predicted octanol–water partition coefficient (Wildman–Crippen LogP) is 3.82. The first-order valence-corrected chi connectivity index (χ1v) is 10.7. The van der Waals surface area contributed by atoms with Gasteiger partial charge in [-0.1, -0.05) is 24.9 Å². The van der Waals surface area contributed by atoms with E-state index < -0.39 is 0 Å². The van der Waals surface area contributed by atoms with Crippen molar-refractivity contribution in [2.75, 3.05) is 26.2 Å². The number of nitrogens with one attached hydrogen (secondary N) is 1. The smallest absolute Gasteiger partial charge is 0.256 e. The van der Waals surface area contributed by atoms with Crippen molar-refractivity contribution in [1.29, 1.82) is 0 Å². The Morgan fingerprint density at radius 3 is 2.85 bits per heavy atom. The molecule has 1 N–H and O–H groups in total. The molecule has 3 saturated carbocycles. The first-order valence-electron chi connectivity index (χ1n) is 10.7. The van der Waals surface area contributed by atoms with Crippen LogP contribution in [0.2, 0.25) is 0 Å². The molecular weight excluding hydrogens is 326 g/mol. The highest BCUT2D eigenvalue weighted by atomic mass is 16.5. The molecule has 0 bridgehead atoms. The van der Waals surface area contributed by atoms with E-state index >= 15 is 0 Å². The summed E-state index contributed by atoms with van der Waals surface area (Å²) in [6.45, 7) is 6.09. The maximum absolute atomic E-state index is 12.6. The second kappa shape index (κ2) is 8.12. The van der Waals surface area contributed by atoms with E-state index in [2.05, 4.69) is 22.3 Å². The summed E-state index contributed by atoms with van der Waals surface area (Å²) in [5, 5.41) is 7.21. The zero-order chi connectivity index (χ0) is 17.9. The predicted molar refractivity (Wildman–Crippen MR) is 101 cm³/mol. The standard InChI is InChI=1S/C21H33N3O2/c1-2-24(13-15-7-8-17-12-18(17)11-15)10-9-22-21(25)19-14-26-23-20(19)16-5-3-4-6-16/h14-18H,2-13H2,1H3,(H,22,25). The third-order valence-corrected chi connectivity index (χ3v) is 6.91. The van der Waals surface area contributed by atoms with Crippen LogP contribution in [-0.4, -0.2) is 42.1 Å². The fraction of sp³-hybridized carbons (Fsp3) is 0.810. The molecular formula is C21H33N3O2. The van der Waals surface area contributed by atoms with Crippen LogP contribution in [0.4, 0.5) is 0 Å². The summed E-state index contributed by atoms with van der Waals surface area (Å²) in [7, 11) is 0. The average molecular weight is 360 g/mol. The Bertz CT molecular complexity index is 608. The molecule has 26 heavy (non-hydrogen) atoms. The van der Waals surface area contributed by atoms with Gasteiger partial charge in [0, 0.05) is 25.6 Å². The minimum atomic E-state index is -0.0253. The van der Waals surface area contributed by atoms with E-state index in [4.69, 9.17) is 4.52 Å². The summed E-state index contributed by atoms with van der Waals surface area (Å²) < 4.78 is 5.12. The molecule has 0 spiro atoms. The Labute approximate surface area is 156 Å². The molecule has 0 radical (unpaired) electrons. The fourth-order valence-corrected chi connectivity index (χ4v) is 5.19. The van der Waals surface area contributed by atoms with E-state index in [-0.39, 0.29) is 5.91 Å². The van der Waals surface area contributed by atoms with Crippen molar-refractivity contribution in [1.82, 2.24) is 15.4 Å². The van der Waals surface area contributed by atoms with Crippen LogP contribution in [0.3, 0.4) is 0 Å². The summed E-state index contributed by atoms with van der Waals surface area (Å²) in [4.78, 5) is 15.1. The number of aromatic nitrogens is 1. The molecule has 1 aromatic rings. The molecule has 1 amide bonds. The lowest BCUT2D eigenvalue weighted by Crippen LogP contribution is -2.38. The SMILES string of the molecule is CCN(CCNC(=O)c1conc1C1CCCC1)CC1CCC2CC2C1. The molecule has 5 nitrogen and oxygen atoms in total. The Morgan fingerprint density at radius 1 is 1.23 bits per heavy atom. The second-order valence-corrected chi connectivity index (χ2v) is 8.68. The summed E-state index contributed by atoms with van der Waals surface area (Å²) in [6, 6.07) is 0. The third-order valence-electron chi connectivity index (χ3n) is 6.91. The lowest BCUT2D eigenvalue weighted by Gasteiger charge is -2.28. The molecule has 4 rings (SSSR count). The average Bonchev–Trinajstić information content (AvgIpc) is 3.03. The minimum Gasteiger partial charge on any atom is -0.364 e. The highest BCUT2D eigenvalue weighted by Crippen LogP contribution is 2.51. The Balaban J connectivity index is 1.23. The van der Waals surface area contributed by atoms with Crippen molar-refractivity contribution in [3.63, 3.8) is 0 Å². The van der Waals surface area contributed by atoms with Crippen molar-refractivity contribution < 1.29 is 9.32 Å². The van der Waals surface area contributed by atoms with Crippen molar-refractivity contribution in [2.45, 2.75) is 64.2 Å². The number of amides is 1. The van der Waals surface area contributed by atoms with Gasteiger partial charge in [0.2, 0.25) is 0 Å². The first kappa shape index (κ1) is 18.0. The molecule has 3 unspecified atom stereocenters. The van der Waals surface area contributed by atoms with Crippen LogP contribution >= 0.6 is 0 Å². The molecule has 0 saturated heterocycles. The van der Waals surface area contributed by atoms with E-state index in [1.54, 1.807) is 0 Å². The van der Waals surface area contributed by atoms with Crippen molar-refractivity contribution >= 4 is 5.91 Å². The Morgan fingerprint density at radius 2 is 2.08 bits per heavy atom. The van der Waals surface area contributed by atoms with Gasteiger partial charge in [-0.15, -0.1) is 0 Å². The molecule has 3 aliphatic carbocycles. The molecule has 144 valence electrons. The van der Waals surface area contributed by atoms with Gasteiger partial charge in [-0.2, -0.15) is 0 Å². The zero-order valence-electron chi connectivity index (χ0n) is 16.1. The maximum Gasteiger partial charge on any atom is 0.256 e. The zero-order valence-corrected chi connectivity index (χ0v) is 16.1. The van der Waals surface area contributed by atoms with Crippen molar-refractivity contribution in [3.05, 3.63) is 17.5 Å². The third kappa shape index (κ3) is 4.13. The van der Waals surface area contributed by atoms with Gasteiger partial charge < -0.3 is 14.7 Å². The van der Waals surface area contributed by atoms with Crippen LogP contribution in [0, 0.1) is 17.8 Å². The summed E-state index contributed by atoms with van der Waals surface area (Å²) in [6.07, 6.45) is 12.0. The second-order valence-electron chi connectivity index (χ2n) is 8.68. The van der Waals surface area contributed by atoms with Gasteiger partial charge in [0.1, 0.15) is 11.8 Å². The summed E-state index contributed by atoms with van der Waals surface area (Å²) >= 11 is 0. The number of likely N-dealkylation sites (N-methyl/N-ethyl adjacent to an activating group) is 1. The lowest BCUT2D eigenvalue weighted by atomic mass is 9.89. The molecule has 3 atom stereocenters. The lowest BCUT2D eigenvalue weighted by molar-refractivity contribution is 0.0944. The number of carbonyl (C=O) groups is 1. The normalized spacial score (nSPS) is 28.3. The van der Waals surface area contributed by atoms with Gasteiger partial charge in [-0.05, 0) is 62.8 Å². The topological polar surface area (TPSA) is 58.4 Å². The fourth-order valence-electron chi connectivity index (χ4n) is 5.19. The van der Waals surface area contributed by atoms with Crippen LogP contribution in [0.15, 0.2) is 10.8 Å². The Kier molecular flexibility index (Phi) is 5.63. The maximum atomic E-state index is 12.6. The number of hydrogen-bond donors (Lipinski definition) is 1. The highest BCUT2D eigenvalue weighted by molar-refractivity contribution is 5.95. The molecule has 0 aromatic carbocycles. The number of carbonyl (C=O) groups excluding carboxylic acids is 1. The van der Waals surface area contributed by atoms with Crippen LogP contribution in [0.1, 0.15) is 80.3 Å². The van der Waals surface area contributed by atoms with Crippen molar-refractivity contribution in [3.8, 4) is 0 Å². The number of rotatable bonds is 8. The largest absolute Gasteiger partial charge is 0.364 e. The van der Waals surface area contributed by atoms with E-state index in [1.165, 1.54) is 51.3 Å². The van der Waals surface area contributed by atoms with Crippen LogP contribution in [-0.2, 0) is 0 Å².